The fourth-order valence-electron chi connectivity index (χ4n) is 2.34. The Morgan fingerprint density at radius 3 is 2.72 bits per heavy atom. The lowest BCUT2D eigenvalue weighted by Gasteiger charge is -2.32. The number of hydrogen-bond donors (Lipinski definition) is 1. The van der Waals surface area contributed by atoms with Crippen LogP contribution in [0.4, 0.5) is 10.1 Å². The zero-order chi connectivity index (χ0) is 13.3. The summed E-state index contributed by atoms with van der Waals surface area (Å²) in [6.07, 6.45) is 2.60. The standard InChI is InChI=1S/C12H17FN2O2S/c1-9-5-2-3-8-15(9)18(16,17)12-10(13)6-4-7-11(12)14/h4,6-7,9H,2-3,5,8,14H2,1H3. The first-order valence-corrected chi connectivity index (χ1v) is 7.44. The van der Waals surface area contributed by atoms with Crippen molar-refractivity contribution in [2.45, 2.75) is 37.1 Å². The summed E-state index contributed by atoms with van der Waals surface area (Å²) in [6.45, 7) is 2.27. The summed E-state index contributed by atoms with van der Waals surface area (Å²) >= 11 is 0. The number of halogens is 1. The minimum absolute atomic E-state index is 0.0345. The van der Waals surface area contributed by atoms with Gasteiger partial charge in [0, 0.05) is 12.6 Å². The third-order valence-electron chi connectivity index (χ3n) is 3.31. The van der Waals surface area contributed by atoms with E-state index in [2.05, 4.69) is 0 Å². The normalized spacial score (nSPS) is 22.0. The topological polar surface area (TPSA) is 63.4 Å². The fraction of sp³-hybridized carbons (Fsp3) is 0.500. The van der Waals surface area contributed by atoms with Gasteiger partial charge in [-0.25, -0.2) is 12.8 Å². The summed E-state index contributed by atoms with van der Waals surface area (Å²) in [4.78, 5) is -0.390. The molecule has 1 saturated heterocycles. The van der Waals surface area contributed by atoms with Gasteiger partial charge in [-0.15, -0.1) is 0 Å². The van der Waals surface area contributed by atoms with Crippen LogP contribution in [0.3, 0.4) is 0 Å². The van der Waals surface area contributed by atoms with Crippen LogP contribution in [0.15, 0.2) is 23.1 Å². The van der Waals surface area contributed by atoms with E-state index in [9.17, 15) is 12.8 Å². The van der Waals surface area contributed by atoms with E-state index in [4.69, 9.17) is 5.73 Å². The van der Waals surface area contributed by atoms with Crippen LogP contribution in [-0.2, 0) is 10.0 Å². The van der Waals surface area contributed by atoms with Crippen LogP contribution in [0.5, 0.6) is 0 Å². The first-order chi connectivity index (χ1) is 8.44. The minimum Gasteiger partial charge on any atom is -0.398 e. The Hall–Kier alpha value is -1.14. The molecule has 1 aliphatic rings. The van der Waals surface area contributed by atoms with Gasteiger partial charge in [-0.05, 0) is 31.9 Å². The van der Waals surface area contributed by atoms with Gasteiger partial charge in [-0.3, -0.25) is 0 Å². The zero-order valence-electron chi connectivity index (χ0n) is 10.3. The monoisotopic (exact) mass is 272 g/mol. The van der Waals surface area contributed by atoms with Gasteiger partial charge in [0.25, 0.3) is 0 Å². The average molecular weight is 272 g/mol. The highest BCUT2D eigenvalue weighted by Crippen LogP contribution is 2.29. The van der Waals surface area contributed by atoms with Crippen molar-refractivity contribution in [1.29, 1.82) is 0 Å². The number of nitrogens with zero attached hydrogens (tertiary/aromatic N) is 1. The lowest BCUT2D eigenvalue weighted by Crippen LogP contribution is -2.42. The van der Waals surface area contributed by atoms with E-state index in [0.717, 1.165) is 25.3 Å². The van der Waals surface area contributed by atoms with Crippen molar-refractivity contribution >= 4 is 15.7 Å². The maximum atomic E-state index is 13.7. The molecule has 1 aromatic carbocycles. The van der Waals surface area contributed by atoms with Crippen molar-refractivity contribution in [3.8, 4) is 0 Å². The molecule has 100 valence electrons. The molecular formula is C12H17FN2O2S. The number of rotatable bonds is 2. The van der Waals surface area contributed by atoms with Gasteiger partial charge in [0.2, 0.25) is 10.0 Å². The Bertz CT molecular complexity index is 525. The van der Waals surface area contributed by atoms with Crippen LogP contribution in [0.1, 0.15) is 26.2 Å². The molecule has 0 aliphatic carbocycles. The zero-order valence-corrected chi connectivity index (χ0v) is 11.1. The van der Waals surface area contributed by atoms with Crippen LogP contribution >= 0.6 is 0 Å². The predicted octanol–water partition coefficient (Wildman–Crippen LogP) is 1.97. The lowest BCUT2D eigenvalue weighted by molar-refractivity contribution is 0.268. The van der Waals surface area contributed by atoms with Gasteiger partial charge < -0.3 is 5.73 Å². The van der Waals surface area contributed by atoms with E-state index in [-0.39, 0.29) is 11.7 Å². The van der Waals surface area contributed by atoms with E-state index in [1.807, 2.05) is 6.92 Å². The number of nitrogens with two attached hydrogens (primary N) is 1. The summed E-state index contributed by atoms with van der Waals surface area (Å²) in [5.74, 6) is -0.784. The molecular weight excluding hydrogens is 255 g/mol. The molecule has 1 aliphatic heterocycles. The van der Waals surface area contributed by atoms with Crippen LogP contribution in [-0.4, -0.2) is 25.3 Å². The van der Waals surface area contributed by atoms with Crippen LogP contribution in [0.25, 0.3) is 0 Å². The highest BCUT2D eigenvalue weighted by molar-refractivity contribution is 7.89. The van der Waals surface area contributed by atoms with Gasteiger partial charge >= 0.3 is 0 Å². The second kappa shape index (κ2) is 4.85. The number of piperidine rings is 1. The summed E-state index contributed by atoms with van der Waals surface area (Å²) in [5.41, 5.74) is 5.58. The molecule has 4 nitrogen and oxygen atoms in total. The molecule has 0 spiro atoms. The van der Waals surface area contributed by atoms with E-state index in [1.165, 1.54) is 16.4 Å². The summed E-state index contributed by atoms with van der Waals surface area (Å²) < 4.78 is 40.0. The highest BCUT2D eigenvalue weighted by Gasteiger charge is 2.34. The lowest BCUT2D eigenvalue weighted by atomic mass is 10.1. The number of benzene rings is 1. The first-order valence-electron chi connectivity index (χ1n) is 6.00. The Morgan fingerprint density at radius 2 is 2.11 bits per heavy atom. The smallest absolute Gasteiger partial charge is 0.248 e. The Kier molecular flexibility index (Phi) is 3.59. The van der Waals surface area contributed by atoms with Gasteiger partial charge in [0.15, 0.2) is 0 Å². The molecule has 18 heavy (non-hydrogen) atoms. The number of hydrogen-bond acceptors (Lipinski definition) is 3. The van der Waals surface area contributed by atoms with Crippen LogP contribution < -0.4 is 5.73 Å². The molecule has 6 heteroatoms. The summed E-state index contributed by atoms with van der Waals surface area (Å²) in [5, 5.41) is 0. The quantitative estimate of drug-likeness (QED) is 0.837. The molecule has 2 N–H and O–H groups in total. The molecule has 1 atom stereocenters. The van der Waals surface area contributed by atoms with Crippen molar-refractivity contribution in [2.24, 2.45) is 0 Å². The molecule has 1 unspecified atom stereocenters. The van der Waals surface area contributed by atoms with Gasteiger partial charge in [0.05, 0.1) is 5.69 Å². The van der Waals surface area contributed by atoms with E-state index in [0.29, 0.717) is 6.54 Å². The maximum Gasteiger partial charge on any atom is 0.248 e. The van der Waals surface area contributed by atoms with Crippen molar-refractivity contribution in [3.05, 3.63) is 24.0 Å². The van der Waals surface area contributed by atoms with Crippen molar-refractivity contribution in [2.75, 3.05) is 12.3 Å². The largest absolute Gasteiger partial charge is 0.398 e. The SMILES string of the molecule is CC1CCCCN1S(=O)(=O)c1c(N)cccc1F. The molecule has 0 radical (unpaired) electrons. The molecule has 0 aromatic heterocycles. The maximum absolute atomic E-state index is 13.7. The molecule has 0 bridgehead atoms. The molecule has 2 rings (SSSR count). The Morgan fingerprint density at radius 1 is 1.39 bits per heavy atom. The minimum atomic E-state index is -3.84. The highest BCUT2D eigenvalue weighted by atomic mass is 32.2. The van der Waals surface area contributed by atoms with Crippen LogP contribution in [0, 0.1) is 5.82 Å². The van der Waals surface area contributed by atoms with E-state index in [1.54, 1.807) is 0 Å². The van der Waals surface area contributed by atoms with Gasteiger partial charge in [0.1, 0.15) is 10.7 Å². The van der Waals surface area contributed by atoms with E-state index < -0.39 is 20.7 Å². The average Bonchev–Trinajstić information content (AvgIpc) is 2.28. The number of anilines is 1. The third-order valence-corrected chi connectivity index (χ3v) is 5.41. The second-order valence-electron chi connectivity index (χ2n) is 4.62. The molecule has 1 fully saturated rings. The molecule has 0 amide bonds. The number of sulfonamides is 1. The molecule has 1 heterocycles. The van der Waals surface area contributed by atoms with Crippen molar-refractivity contribution in [3.63, 3.8) is 0 Å². The molecule has 0 saturated carbocycles. The molecule has 1 aromatic rings. The van der Waals surface area contributed by atoms with Gasteiger partial charge in [-0.1, -0.05) is 12.5 Å². The third kappa shape index (κ3) is 2.22. The van der Waals surface area contributed by atoms with Gasteiger partial charge in [-0.2, -0.15) is 4.31 Å². The van der Waals surface area contributed by atoms with Crippen molar-refractivity contribution in [1.82, 2.24) is 4.31 Å². The second-order valence-corrected chi connectivity index (χ2v) is 6.45. The number of nitrogen functional groups attached to an aromatic ring is 1. The fourth-order valence-corrected chi connectivity index (χ4v) is 4.21. The predicted molar refractivity (Wildman–Crippen MR) is 68.0 cm³/mol. The van der Waals surface area contributed by atoms with Crippen molar-refractivity contribution < 1.29 is 12.8 Å². The Labute approximate surface area is 107 Å². The summed E-state index contributed by atoms with van der Waals surface area (Å²) in [6, 6.07) is 3.83. The first kappa shape index (κ1) is 13.3. The van der Waals surface area contributed by atoms with E-state index >= 15 is 0 Å². The summed E-state index contributed by atoms with van der Waals surface area (Å²) in [7, 11) is -3.84. The van der Waals surface area contributed by atoms with Crippen LogP contribution in [0.2, 0.25) is 0 Å². The Balaban J connectivity index is 2.48.